The molecule has 4 rings (SSSR count). The van der Waals surface area contributed by atoms with Gasteiger partial charge in [0.2, 0.25) is 13.6 Å². The first-order valence-corrected chi connectivity index (χ1v) is 28.5. The zero-order valence-corrected chi connectivity index (χ0v) is 47.6. The van der Waals surface area contributed by atoms with E-state index in [9.17, 15) is 28.3 Å². The molecule has 0 bridgehead atoms. The molecule has 0 aliphatic carbocycles. The van der Waals surface area contributed by atoms with Crippen LogP contribution in [0.4, 0.5) is 26.0 Å². The van der Waals surface area contributed by atoms with Crippen LogP contribution < -0.4 is 11.5 Å². The quantitative estimate of drug-likeness (QED) is 0.00880. The second-order valence-corrected chi connectivity index (χ2v) is 19.4. The molecule has 0 fully saturated rings. The summed E-state index contributed by atoms with van der Waals surface area (Å²) >= 11 is 10.0. The van der Waals surface area contributed by atoms with Crippen LogP contribution in [0.25, 0.3) is 22.3 Å². The van der Waals surface area contributed by atoms with Crippen molar-refractivity contribution >= 4 is 96.8 Å². The van der Waals surface area contributed by atoms with Crippen molar-refractivity contribution in [1.82, 2.24) is 39.0 Å². The summed E-state index contributed by atoms with van der Waals surface area (Å²) in [5.74, 6) is 0.183. The van der Waals surface area contributed by atoms with E-state index in [0.717, 1.165) is 38.5 Å². The molecule has 0 unspecified atom stereocenters. The van der Waals surface area contributed by atoms with Crippen molar-refractivity contribution in [3.05, 3.63) is 25.3 Å². The Morgan fingerprint density at radius 2 is 0.987 bits per heavy atom. The normalized spacial score (nSPS) is 11.6. The number of unbranched alkanes of at least 4 members (excludes halogenated alkanes) is 4. The van der Waals surface area contributed by atoms with Crippen molar-refractivity contribution in [3.8, 4) is 0 Å². The molecular weight excluding hydrogens is 1110 g/mol. The number of aliphatic hydroxyl groups excluding tert-OH is 1. The number of aromatic nitrogens is 8. The van der Waals surface area contributed by atoms with E-state index in [2.05, 4.69) is 51.0 Å². The molecule has 0 radical (unpaired) electrons. The Balaban J connectivity index is 0.00000118. The third-order valence-electron chi connectivity index (χ3n) is 8.76. The van der Waals surface area contributed by atoms with Gasteiger partial charge in [-0.15, -0.1) is 0 Å². The molecule has 0 saturated heterocycles. The summed E-state index contributed by atoms with van der Waals surface area (Å²) in [7, 11) is -8.21. The minimum atomic E-state index is -4.16. The van der Waals surface area contributed by atoms with Crippen LogP contribution >= 0.6 is 38.4 Å². The molecule has 0 aliphatic rings. The molecule has 0 amide bonds. The Kier molecular flexibility index (Phi) is 39.8. The van der Waals surface area contributed by atoms with Gasteiger partial charge in [-0.25, -0.2) is 44.3 Å². The number of nitrogens with zero attached hydrogens (tertiary/aromatic N) is 8. The second kappa shape index (κ2) is 42.7. The smallest absolute Gasteiger partial charge is 0.450 e. The molecule has 0 spiro atoms. The van der Waals surface area contributed by atoms with Gasteiger partial charge >= 0.3 is 39.6 Å². The lowest BCUT2D eigenvalue weighted by atomic mass is 10.4. The van der Waals surface area contributed by atoms with Crippen LogP contribution in [0, 0.1) is 0 Å². The molecule has 4 aromatic heterocycles. The fourth-order valence-electron chi connectivity index (χ4n) is 4.89. The second-order valence-electron chi connectivity index (χ2n) is 15.4. The molecule has 4 heterocycles. The SMILES string of the molecule is CC(=O)OCCl.CCCCO.CCCCOC(=O)OCCl.CCCCOC(=O)OCOP(=O)(CO[C@H](C)Cn1cnc2c(N)ncnc21)OCOC(=O)OCCCC.C[C@H](Cn1cnc2c(N)ncnc21)OCP(=O)(O)O. The summed E-state index contributed by atoms with van der Waals surface area (Å²) in [6.45, 7) is 12.9. The Labute approximate surface area is 456 Å². The van der Waals surface area contributed by atoms with Gasteiger partial charge in [0.05, 0.1) is 57.8 Å². The maximum Gasteiger partial charge on any atom is 0.510 e. The highest BCUT2D eigenvalue weighted by Crippen LogP contribution is 2.48. The summed E-state index contributed by atoms with van der Waals surface area (Å²) in [6, 6.07) is -0.194. The minimum absolute atomic E-state index is 0.0463. The zero-order valence-electron chi connectivity index (χ0n) is 44.3. The fourth-order valence-corrected chi connectivity index (χ4v) is 6.67. The lowest BCUT2D eigenvalue weighted by molar-refractivity contribution is -0.138. The van der Waals surface area contributed by atoms with Crippen molar-refractivity contribution < 1.29 is 94.9 Å². The standard InChI is InChI=1S/C21H34N5O10P.C9H14N5O4P.C6H11ClO3.C4H10O.C3H5ClO2/c1-4-6-8-30-20(27)32-13-35-37(29,36-14-33-21(28)31-9-7-5-2)15-34-16(3)10-26-12-25-17-18(22)23-11-24-19(17)26;1-6(18-5-19(15,16)17)2-14-4-13-7-8(10)11-3-12-9(7)14;1-2-3-4-9-6(8)10-5-7;1-2-3-4-5;1-3(5)6-2-4/h11-12,16H,4-10,13-15H2,1-3H3,(H2,22,23,24);3-4,6H,2,5H2,1H3,(H2,10,11,12)(H2,15,16,17);2-5H2,1H3;5H,2-4H2,1H3;2H2,1H3/t16-;6-;;;/m11.../s1. The number of anilines is 2. The van der Waals surface area contributed by atoms with Gasteiger partial charge in [-0.3, -0.25) is 23.0 Å². The summed E-state index contributed by atoms with van der Waals surface area (Å²) in [6.07, 6.45) is 7.85. The van der Waals surface area contributed by atoms with Crippen LogP contribution in [0.15, 0.2) is 25.3 Å². The summed E-state index contributed by atoms with van der Waals surface area (Å²) in [4.78, 5) is 85.0. The lowest BCUT2D eigenvalue weighted by Gasteiger charge is -2.21. The predicted molar refractivity (Wildman–Crippen MR) is 279 cm³/mol. The minimum Gasteiger partial charge on any atom is -0.450 e. The predicted octanol–water partition coefficient (Wildman–Crippen LogP) is 7.43. The van der Waals surface area contributed by atoms with Crippen molar-refractivity contribution in [2.24, 2.45) is 0 Å². The van der Waals surface area contributed by atoms with Crippen LogP contribution in [0.1, 0.15) is 99.8 Å². The average molecular weight is 1180 g/mol. The molecule has 30 nitrogen and oxygen atoms in total. The highest BCUT2D eigenvalue weighted by Gasteiger charge is 2.29. The van der Waals surface area contributed by atoms with E-state index in [4.69, 9.17) is 87.0 Å². The van der Waals surface area contributed by atoms with Crippen molar-refractivity contribution in [2.45, 2.75) is 125 Å². The van der Waals surface area contributed by atoms with Crippen molar-refractivity contribution in [1.29, 1.82) is 0 Å². The number of imidazole rings is 2. The molecule has 0 aliphatic heterocycles. The summed E-state index contributed by atoms with van der Waals surface area (Å²) in [5, 5.41) is 8.07. The number of hydrogen-bond acceptors (Lipinski definition) is 26. The molecule has 2 atom stereocenters. The largest absolute Gasteiger partial charge is 0.510 e. The molecule has 0 saturated carbocycles. The molecule has 34 heteroatoms. The number of aliphatic hydroxyl groups is 1. The number of esters is 1. The molecule has 4 aromatic rings. The first-order chi connectivity index (χ1) is 36.6. The van der Waals surface area contributed by atoms with Gasteiger partial charge in [-0.05, 0) is 39.5 Å². The highest BCUT2D eigenvalue weighted by molar-refractivity contribution is 7.53. The number of nitrogen functional groups attached to an aromatic ring is 2. The Morgan fingerprint density at radius 1 is 0.597 bits per heavy atom. The number of ether oxygens (including phenoxy) is 9. The van der Waals surface area contributed by atoms with E-state index in [-0.39, 0.29) is 49.5 Å². The first-order valence-electron chi connectivity index (χ1n) is 23.9. The fraction of sp³-hybridized carbons (Fsp3) is 0.674. The summed E-state index contributed by atoms with van der Waals surface area (Å²) < 4.78 is 80.6. The van der Waals surface area contributed by atoms with Gasteiger partial charge in [0.25, 0.3) is 0 Å². The number of carbonyl (C=O) groups is 4. The van der Waals surface area contributed by atoms with E-state index >= 15 is 0 Å². The van der Waals surface area contributed by atoms with Gasteiger partial charge in [0, 0.05) is 13.5 Å². The number of halogens is 2. The van der Waals surface area contributed by atoms with Gasteiger partial charge in [-0.1, -0.05) is 76.6 Å². The van der Waals surface area contributed by atoms with E-state index in [1.165, 1.54) is 32.2 Å². The van der Waals surface area contributed by atoms with Crippen molar-refractivity contribution in [2.75, 3.05) is 76.3 Å². The van der Waals surface area contributed by atoms with E-state index in [1.54, 1.807) is 23.0 Å². The molecule has 440 valence electrons. The number of nitrogens with two attached hydrogens (primary N) is 2. The topological polar surface area (TPSA) is 404 Å². The van der Waals surface area contributed by atoms with Crippen LogP contribution in [-0.4, -0.2) is 155 Å². The zero-order chi connectivity index (χ0) is 58.1. The number of carbonyl (C=O) groups excluding carboxylic acids is 4. The number of rotatable bonds is 29. The lowest BCUT2D eigenvalue weighted by Crippen LogP contribution is -2.19. The molecule has 77 heavy (non-hydrogen) atoms. The molecule has 7 N–H and O–H groups in total. The number of alkyl halides is 2. The average Bonchev–Trinajstić information content (AvgIpc) is 3.99. The Bertz CT molecular complexity index is 2320. The third kappa shape index (κ3) is 35.0. The third-order valence-corrected chi connectivity index (χ3v) is 10.9. The number of fused-ring (bicyclic) bond motifs is 2. The Morgan fingerprint density at radius 3 is 1.31 bits per heavy atom. The summed E-state index contributed by atoms with van der Waals surface area (Å²) in [5.41, 5.74) is 13.4. The van der Waals surface area contributed by atoms with E-state index < -0.39 is 72.1 Å². The first kappa shape index (κ1) is 71.7. The maximum atomic E-state index is 13.2. The van der Waals surface area contributed by atoms with Crippen LogP contribution in [0.5, 0.6) is 0 Å². The van der Waals surface area contributed by atoms with E-state index in [0.29, 0.717) is 54.9 Å². The van der Waals surface area contributed by atoms with Gasteiger partial charge < -0.3 is 78.1 Å². The highest BCUT2D eigenvalue weighted by atomic mass is 35.5. The van der Waals surface area contributed by atoms with Crippen LogP contribution in [-0.2, 0) is 78.7 Å². The van der Waals surface area contributed by atoms with Crippen molar-refractivity contribution in [3.63, 3.8) is 0 Å². The Hall–Kier alpha value is -5.26. The van der Waals surface area contributed by atoms with Gasteiger partial charge in [-0.2, -0.15) is 0 Å². The van der Waals surface area contributed by atoms with E-state index in [1.807, 2.05) is 20.8 Å². The van der Waals surface area contributed by atoms with Gasteiger partial charge in [0.1, 0.15) is 36.4 Å². The molecular formula is C43H74Cl2N10O20P2. The molecule has 0 aromatic carbocycles. The monoisotopic (exact) mass is 1180 g/mol. The van der Waals surface area contributed by atoms with Gasteiger partial charge in [0.15, 0.2) is 35.1 Å². The van der Waals surface area contributed by atoms with Crippen LogP contribution in [0.3, 0.4) is 0 Å². The maximum absolute atomic E-state index is 13.2. The number of hydrogen-bond donors (Lipinski definition) is 5. The van der Waals surface area contributed by atoms with Crippen LogP contribution in [0.2, 0.25) is 0 Å².